The highest BCUT2D eigenvalue weighted by Crippen LogP contribution is 2.31. The number of ether oxygens (including phenoxy) is 1. The Morgan fingerprint density at radius 1 is 1.10 bits per heavy atom. The Hall–Kier alpha value is -3.43. The lowest BCUT2D eigenvalue weighted by molar-refractivity contribution is -0.387. The van der Waals surface area contributed by atoms with Gasteiger partial charge in [0.2, 0.25) is 9.84 Å². The lowest BCUT2D eigenvalue weighted by Crippen LogP contribution is -2.23. The summed E-state index contributed by atoms with van der Waals surface area (Å²) in [5.74, 6) is -0.0162. The molecule has 0 aliphatic carbocycles. The van der Waals surface area contributed by atoms with E-state index in [0.29, 0.717) is 11.3 Å². The summed E-state index contributed by atoms with van der Waals surface area (Å²) < 4.78 is 31.0. The Balaban J connectivity index is 1.91. The Labute approximate surface area is 183 Å². The van der Waals surface area contributed by atoms with Crippen LogP contribution in [-0.2, 0) is 16.4 Å². The average Bonchev–Trinajstić information content (AvgIpc) is 2.77. The molecule has 0 aliphatic heterocycles. The number of nitro groups is 1. The summed E-state index contributed by atoms with van der Waals surface area (Å²) in [5.41, 5.74) is -0.0374. The van der Waals surface area contributed by atoms with Crippen molar-refractivity contribution in [2.75, 3.05) is 7.11 Å². The number of nitrogens with zero attached hydrogens (tertiary/aromatic N) is 1. The van der Waals surface area contributed by atoms with Gasteiger partial charge in [-0.1, -0.05) is 35.9 Å². The van der Waals surface area contributed by atoms with Gasteiger partial charge in [0.15, 0.2) is 0 Å². The molecule has 0 fully saturated rings. The Kier molecular flexibility index (Phi) is 6.57. The SMILES string of the molecule is COc1ccccc1CNC(=O)c1ccc(S(=O)(=O)c2cccc(Cl)c2)c([N+](=O)[O-])c1. The number of carbonyl (C=O) groups excluding carboxylic acids is 1. The maximum absolute atomic E-state index is 12.9. The number of nitro benzene ring substituents is 1. The van der Waals surface area contributed by atoms with Crippen molar-refractivity contribution < 1.29 is 22.9 Å². The van der Waals surface area contributed by atoms with E-state index in [0.717, 1.165) is 12.1 Å². The molecule has 160 valence electrons. The molecule has 0 unspecified atom stereocenters. The first-order chi connectivity index (χ1) is 14.7. The van der Waals surface area contributed by atoms with Crippen molar-refractivity contribution in [3.05, 3.63) is 93.0 Å². The molecule has 0 saturated carbocycles. The molecule has 31 heavy (non-hydrogen) atoms. The molecule has 8 nitrogen and oxygen atoms in total. The van der Waals surface area contributed by atoms with Gasteiger partial charge in [-0.15, -0.1) is 0 Å². The number of methoxy groups -OCH3 is 1. The van der Waals surface area contributed by atoms with Crippen molar-refractivity contribution >= 4 is 33.0 Å². The van der Waals surface area contributed by atoms with E-state index >= 15 is 0 Å². The van der Waals surface area contributed by atoms with Crippen LogP contribution in [0.2, 0.25) is 5.02 Å². The first-order valence-electron chi connectivity index (χ1n) is 8.93. The second-order valence-electron chi connectivity index (χ2n) is 6.39. The molecular formula is C21H17ClN2O6S. The number of carbonyl (C=O) groups is 1. The quantitative estimate of drug-likeness (QED) is 0.420. The van der Waals surface area contributed by atoms with Gasteiger partial charge in [0.1, 0.15) is 10.6 Å². The van der Waals surface area contributed by atoms with Gasteiger partial charge in [0, 0.05) is 28.8 Å². The summed E-state index contributed by atoms with van der Waals surface area (Å²) in [5, 5.41) is 14.4. The van der Waals surface area contributed by atoms with E-state index in [1.807, 2.05) is 0 Å². The smallest absolute Gasteiger partial charge is 0.289 e. The van der Waals surface area contributed by atoms with E-state index in [1.165, 1.54) is 37.4 Å². The number of benzene rings is 3. The molecule has 3 rings (SSSR count). The van der Waals surface area contributed by atoms with Crippen LogP contribution in [0.3, 0.4) is 0 Å². The third-order valence-electron chi connectivity index (χ3n) is 4.45. The second kappa shape index (κ2) is 9.15. The minimum Gasteiger partial charge on any atom is -0.496 e. The van der Waals surface area contributed by atoms with E-state index in [4.69, 9.17) is 16.3 Å². The van der Waals surface area contributed by atoms with Crippen molar-refractivity contribution in [1.29, 1.82) is 0 Å². The molecule has 1 N–H and O–H groups in total. The summed E-state index contributed by atoms with van der Waals surface area (Å²) >= 11 is 5.85. The molecule has 0 heterocycles. The first-order valence-corrected chi connectivity index (χ1v) is 10.8. The molecule has 0 atom stereocenters. The maximum atomic E-state index is 12.9. The van der Waals surface area contributed by atoms with Crippen LogP contribution in [0.4, 0.5) is 5.69 Å². The van der Waals surface area contributed by atoms with E-state index in [9.17, 15) is 23.3 Å². The van der Waals surface area contributed by atoms with Crippen LogP contribution in [0.5, 0.6) is 5.75 Å². The Morgan fingerprint density at radius 2 is 1.84 bits per heavy atom. The number of nitrogens with one attached hydrogen (secondary N) is 1. The average molecular weight is 461 g/mol. The highest BCUT2D eigenvalue weighted by atomic mass is 35.5. The Bertz CT molecular complexity index is 1260. The van der Waals surface area contributed by atoms with Gasteiger partial charge >= 0.3 is 0 Å². The largest absolute Gasteiger partial charge is 0.496 e. The Morgan fingerprint density at radius 3 is 2.52 bits per heavy atom. The summed E-state index contributed by atoms with van der Waals surface area (Å²) in [6.45, 7) is 0.124. The van der Waals surface area contributed by atoms with Gasteiger partial charge in [-0.2, -0.15) is 0 Å². The zero-order chi connectivity index (χ0) is 22.6. The van der Waals surface area contributed by atoms with Gasteiger partial charge < -0.3 is 10.1 Å². The zero-order valence-corrected chi connectivity index (χ0v) is 17.8. The van der Waals surface area contributed by atoms with Gasteiger partial charge in [-0.25, -0.2) is 8.42 Å². The van der Waals surface area contributed by atoms with Crippen LogP contribution in [0.15, 0.2) is 76.5 Å². The first kappa shape index (κ1) is 22.3. The van der Waals surface area contributed by atoms with E-state index in [2.05, 4.69) is 5.32 Å². The highest BCUT2D eigenvalue weighted by molar-refractivity contribution is 7.91. The van der Waals surface area contributed by atoms with E-state index in [1.54, 1.807) is 24.3 Å². The summed E-state index contributed by atoms with van der Waals surface area (Å²) in [6.07, 6.45) is 0. The van der Waals surface area contributed by atoms with Crippen molar-refractivity contribution in [2.24, 2.45) is 0 Å². The monoisotopic (exact) mass is 460 g/mol. The fourth-order valence-corrected chi connectivity index (χ4v) is 4.62. The predicted octanol–water partition coefficient (Wildman–Crippen LogP) is 4.02. The topological polar surface area (TPSA) is 116 Å². The van der Waals surface area contributed by atoms with Crippen LogP contribution in [0.25, 0.3) is 0 Å². The normalized spacial score (nSPS) is 11.0. The minimum atomic E-state index is -4.22. The molecule has 0 bridgehead atoms. The summed E-state index contributed by atoms with van der Waals surface area (Å²) in [7, 11) is -2.72. The molecule has 0 saturated heterocycles. The standard InChI is InChI=1S/C21H17ClN2O6S/c1-30-19-8-3-2-5-15(19)13-23-21(25)14-9-10-20(18(11-14)24(26)27)31(28,29)17-7-4-6-16(22)12-17/h2-12H,13H2,1H3,(H,23,25). The molecule has 10 heteroatoms. The lowest BCUT2D eigenvalue weighted by atomic mass is 10.1. The fraction of sp³-hybridized carbons (Fsp3) is 0.0952. The minimum absolute atomic E-state index is 0.0494. The van der Waals surface area contributed by atoms with E-state index in [-0.39, 0.29) is 22.0 Å². The fourth-order valence-electron chi connectivity index (χ4n) is 2.92. The number of rotatable bonds is 7. The zero-order valence-electron chi connectivity index (χ0n) is 16.2. The van der Waals surface area contributed by atoms with Crippen LogP contribution < -0.4 is 10.1 Å². The van der Waals surface area contributed by atoms with Crippen LogP contribution in [-0.4, -0.2) is 26.4 Å². The summed E-state index contributed by atoms with van der Waals surface area (Å²) in [4.78, 5) is 22.5. The third-order valence-corrected chi connectivity index (χ3v) is 6.48. The number of hydrogen-bond donors (Lipinski definition) is 1. The van der Waals surface area contributed by atoms with Gasteiger partial charge in [0.25, 0.3) is 11.6 Å². The highest BCUT2D eigenvalue weighted by Gasteiger charge is 2.29. The summed E-state index contributed by atoms with van der Waals surface area (Å²) in [6, 6.07) is 15.7. The number of sulfone groups is 1. The van der Waals surface area contributed by atoms with Gasteiger partial charge in [0.05, 0.1) is 16.9 Å². The van der Waals surface area contributed by atoms with Crippen LogP contribution >= 0.6 is 11.6 Å². The van der Waals surface area contributed by atoms with Crippen molar-refractivity contribution in [2.45, 2.75) is 16.3 Å². The van der Waals surface area contributed by atoms with Crippen molar-refractivity contribution in [1.82, 2.24) is 5.32 Å². The van der Waals surface area contributed by atoms with Gasteiger partial charge in [-0.05, 0) is 36.4 Å². The molecule has 3 aromatic rings. The number of hydrogen-bond acceptors (Lipinski definition) is 6. The number of amides is 1. The second-order valence-corrected chi connectivity index (χ2v) is 8.75. The van der Waals surface area contributed by atoms with E-state index < -0.39 is 31.3 Å². The molecule has 0 aromatic heterocycles. The molecular weight excluding hydrogens is 444 g/mol. The molecule has 0 radical (unpaired) electrons. The molecule has 3 aromatic carbocycles. The van der Waals surface area contributed by atoms with Crippen molar-refractivity contribution in [3.63, 3.8) is 0 Å². The van der Waals surface area contributed by atoms with Crippen LogP contribution in [0, 0.1) is 10.1 Å². The lowest BCUT2D eigenvalue weighted by Gasteiger charge is -2.10. The van der Waals surface area contributed by atoms with Gasteiger partial charge in [-0.3, -0.25) is 14.9 Å². The van der Waals surface area contributed by atoms with Crippen LogP contribution in [0.1, 0.15) is 15.9 Å². The number of halogens is 1. The third kappa shape index (κ3) is 4.84. The van der Waals surface area contributed by atoms with Crippen molar-refractivity contribution in [3.8, 4) is 5.75 Å². The predicted molar refractivity (Wildman–Crippen MR) is 114 cm³/mol. The number of para-hydroxylation sites is 1. The molecule has 1 amide bonds. The maximum Gasteiger partial charge on any atom is 0.289 e. The molecule has 0 aliphatic rings. The molecule has 0 spiro atoms.